The van der Waals surface area contributed by atoms with Gasteiger partial charge in [-0.05, 0) is 19.2 Å². The highest BCUT2D eigenvalue weighted by atomic mass is 32.2. The predicted octanol–water partition coefficient (Wildman–Crippen LogP) is 4.01. The largest absolute Gasteiger partial charge is 0.289 e. The van der Waals surface area contributed by atoms with Gasteiger partial charge in [0.1, 0.15) is 0 Å². The Morgan fingerprint density at radius 1 is 1.25 bits per heavy atom. The van der Waals surface area contributed by atoms with E-state index in [4.69, 9.17) is 0 Å². The van der Waals surface area contributed by atoms with E-state index in [0.29, 0.717) is 0 Å². The van der Waals surface area contributed by atoms with Gasteiger partial charge in [0.15, 0.2) is 5.78 Å². The van der Waals surface area contributed by atoms with E-state index in [1.54, 1.807) is 23.1 Å². The number of carbonyl (C=O) groups is 1. The molecule has 3 heteroatoms. The zero-order valence-electron chi connectivity index (χ0n) is 9.19. The van der Waals surface area contributed by atoms with Crippen molar-refractivity contribution in [3.8, 4) is 0 Å². The van der Waals surface area contributed by atoms with Crippen LogP contribution in [0.3, 0.4) is 0 Å². The molecule has 0 saturated heterocycles. The Labute approximate surface area is 104 Å². The van der Waals surface area contributed by atoms with Crippen molar-refractivity contribution in [1.82, 2.24) is 0 Å². The summed E-state index contributed by atoms with van der Waals surface area (Å²) in [5, 5.41) is 0. The quantitative estimate of drug-likeness (QED) is 0.603. The number of thioether (sulfide) groups is 1. The van der Waals surface area contributed by atoms with Crippen molar-refractivity contribution in [2.24, 2.45) is 0 Å². The minimum Gasteiger partial charge on any atom is -0.289 e. The highest BCUT2D eigenvalue weighted by molar-refractivity contribution is 8.00. The summed E-state index contributed by atoms with van der Waals surface area (Å²) >= 11 is 3.32. The Morgan fingerprint density at radius 2 is 1.94 bits per heavy atom. The molecule has 0 aliphatic heterocycles. The fraction of sp³-hybridized carbons (Fsp3) is 0.154. The van der Waals surface area contributed by atoms with E-state index in [2.05, 4.69) is 0 Å². The second-order valence-corrected chi connectivity index (χ2v) is 5.79. The average Bonchev–Trinajstić information content (AvgIpc) is 2.70. The first-order chi connectivity index (χ1) is 7.72. The molecule has 0 saturated carbocycles. The molecule has 0 unspecified atom stereocenters. The smallest absolute Gasteiger partial charge is 0.195 e. The second-order valence-electron chi connectivity index (χ2n) is 3.46. The first-order valence-corrected chi connectivity index (χ1v) is 7.00. The van der Waals surface area contributed by atoms with Crippen molar-refractivity contribution >= 4 is 28.9 Å². The zero-order valence-corrected chi connectivity index (χ0v) is 10.8. The van der Waals surface area contributed by atoms with Crippen LogP contribution < -0.4 is 0 Å². The van der Waals surface area contributed by atoms with Crippen LogP contribution >= 0.6 is 23.1 Å². The molecule has 0 atom stereocenters. The van der Waals surface area contributed by atoms with Crippen LogP contribution in [0, 0.1) is 6.92 Å². The maximum atomic E-state index is 12.2. The van der Waals surface area contributed by atoms with Gasteiger partial charge in [-0.3, -0.25) is 4.79 Å². The number of rotatable bonds is 3. The van der Waals surface area contributed by atoms with E-state index in [-0.39, 0.29) is 5.78 Å². The molecule has 82 valence electrons. The highest BCUT2D eigenvalue weighted by Gasteiger charge is 2.15. The molecule has 1 nitrogen and oxygen atoms in total. The van der Waals surface area contributed by atoms with Crippen LogP contribution in [0.4, 0.5) is 0 Å². The normalized spacial score (nSPS) is 10.4. The molecule has 1 aromatic heterocycles. The molecule has 0 fully saturated rings. The fourth-order valence-corrected chi connectivity index (χ4v) is 3.38. The standard InChI is InChI=1S/C13H12OS2/c1-9-8-11(13(15-2)16-9)12(14)10-6-4-3-5-7-10/h3-8H,1-2H3. The average molecular weight is 248 g/mol. The molecule has 0 radical (unpaired) electrons. The van der Waals surface area contributed by atoms with Gasteiger partial charge in [0, 0.05) is 16.0 Å². The van der Waals surface area contributed by atoms with Crippen molar-refractivity contribution in [2.45, 2.75) is 11.1 Å². The van der Waals surface area contributed by atoms with E-state index in [1.165, 1.54) is 4.88 Å². The van der Waals surface area contributed by atoms with Gasteiger partial charge in [-0.15, -0.1) is 23.1 Å². The summed E-state index contributed by atoms with van der Waals surface area (Å²) in [4.78, 5) is 13.4. The molecule has 2 rings (SSSR count). The number of hydrogen-bond acceptors (Lipinski definition) is 3. The van der Waals surface area contributed by atoms with Gasteiger partial charge in [-0.25, -0.2) is 0 Å². The summed E-state index contributed by atoms with van der Waals surface area (Å²) < 4.78 is 1.10. The van der Waals surface area contributed by atoms with Crippen LogP contribution in [0.25, 0.3) is 0 Å². The lowest BCUT2D eigenvalue weighted by atomic mass is 10.1. The Balaban J connectivity index is 2.41. The van der Waals surface area contributed by atoms with E-state index >= 15 is 0 Å². The third-order valence-corrected chi connectivity index (χ3v) is 4.47. The monoisotopic (exact) mass is 248 g/mol. The molecule has 1 heterocycles. The first-order valence-electron chi connectivity index (χ1n) is 4.96. The van der Waals surface area contributed by atoms with Gasteiger partial charge < -0.3 is 0 Å². The molecule has 0 N–H and O–H groups in total. The third-order valence-electron chi connectivity index (χ3n) is 2.29. The zero-order chi connectivity index (χ0) is 11.5. The second kappa shape index (κ2) is 4.85. The maximum Gasteiger partial charge on any atom is 0.195 e. The van der Waals surface area contributed by atoms with Crippen LogP contribution in [-0.2, 0) is 0 Å². The van der Waals surface area contributed by atoms with Crippen LogP contribution in [0.5, 0.6) is 0 Å². The van der Waals surface area contributed by atoms with Gasteiger partial charge in [-0.2, -0.15) is 0 Å². The summed E-state index contributed by atoms with van der Waals surface area (Å²) in [6.45, 7) is 2.03. The number of carbonyl (C=O) groups excluding carboxylic acids is 1. The number of ketones is 1. The van der Waals surface area contributed by atoms with Gasteiger partial charge in [-0.1, -0.05) is 30.3 Å². The predicted molar refractivity (Wildman–Crippen MR) is 70.7 cm³/mol. The van der Waals surface area contributed by atoms with Crippen molar-refractivity contribution in [2.75, 3.05) is 6.26 Å². The fourth-order valence-electron chi connectivity index (χ4n) is 1.55. The molecule has 2 aromatic rings. The maximum absolute atomic E-state index is 12.2. The lowest BCUT2D eigenvalue weighted by molar-refractivity contribution is 0.103. The summed E-state index contributed by atoms with van der Waals surface area (Å²) in [5.41, 5.74) is 1.59. The Hall–Kier alpha value is -1.06. The summed E-state index contributed by atoms with van der Waals surface area (Å²) in [6.07, 6.45) is 2.01. The number of aryl methyl sites for hydroxylation is 1. The minimum absolute atomic E-state index is 0.120. The molecule has 1 aromatic carbocycles. The van der Waals surface area contributed by atoms with Gasteiger partial charge in [0.05, 0.1) is 4.21 Å². The van der Waals surface area contributed by atoms with E-state index in [9.17, 15) is 4.79 Å². The van der Waals surface area contributed by atoms with Crippen LogP contribution in [0.1, 0.15) is 20.8 Å². The lowest BCUT2D eigenvalue weighted by Crippen LogP contribution is -2.00. The topological polar surface area (TPSA) is 17.1 Å². The summed E-state index contributed by atoms with van der Waals surface area (Å²) in [5.74, 6) is 0.120. The van der Waals surface area contributed by atoms with Crippen LogP contribution in [-0.4, -0.2) is 12.0 Å². The Bertz CT molecular complexity index is 500. The molecule has 0 bridgehead atoms. The summed E-state index contributed by atoms with van der Waals surface area (Å²) in [6, 6.07) is 11.4. The molecule has 0 aliphatic carbocycles. The summed E-state index contributed by atoms with van der Waals surface area (Å²) in [7, 11) is 0. The number of benzene rings is 1. The van der Waals surface area contributed by atoms with Crippen molar-refractivity contribution < 1.29 is 4.79 Å². The number of hydrogen-bond donors (Lipinski definition) is 0. The molecule has 0 aliphatic rings. The van der Waals surface area contributed by atoms with Crippen molar-refractivity contribution in [3.63, 3.8) is 0 Å². The van der Waals surface area contributed by atoms with E-state index < -0.39 is 0 Å². The highest BCUT2D eigenvalue weighted by Crippen LogP contribution is 2.31. The lowest BCUT2D eigenvalue weighted by Gasteiger charge is -2.00. The SMILES string of the molecule is CSc1sc(C)cc1C(=O)c1ccccc1. The van der Waals surface area contributed by atoms with E-state index in [1.807, 2.05) is 49.6 Å². The molecular weight excluding hydrogens is 236 g/mol. The van der Waals surface area contributed by atoms with Crippen LogP contribution in [0.2, 0.25) is 0 Å². The van der Waals surface area contributed by atoms with Gasteiger partial charge in [0.25, 0.3) is 0 Å². The Morgan fingerprint density at radius 3 is 2.56 bits per heavy atom. The van der Waals surface area contributed by atoms with Crippen LogP contribution in [0.15, 0.2) is 40.6 Å². The molecule has 0 amide bonds. The Kier molecular flexibility index (Phi) is 3.46. The molecule has 16 heavy (non-hydrogen) atoms. The van der Waals surface area contributed by atoms with Crippen molar-refractivity contribution in [3.05, 3.63) is 52.4 Å². The van der Waals surface area contributed by atoms with Gasteiger partial charge in [0.2, 0.25) is 0 Å². The minimum atomic E-state index is 0.120. The van der Waals surface area contributed by atoms with Crippen molar-refractivity contribution in [1.29, 1.82) is 0 Å². The first kappa shape index (κ1) is 11.4. The molecular formula is C13H12OS2. The third kappa shape index (κ3) is 2.20. The number of thiophene rings is 1. The van der Waals surface area contributed by atoms with Gasteiger partial charge >= 0.3 is 0 Å². The molecule has 0 spiro atoms. The van der Waals surface area contributed by atoms with E-state index in [0.717, 1.165) is 15.3 Å².